The summed E-state index contributed by atoms with van der Waals surface area (Å²) < 4.78 is 0. The van der Waals surface area contributed by atoms with Crippen molar-refractivity contribution in [2.24, 2.45) is 10.9 Å². The molecular formula is C11H15N3O2. The highest BCUT2D eigenvalue weighted by atomic mass is 16.4. The molecular weight excluding hydrogens is 206 g/mol. The lowest BCUT2D eigenvalue weighted by Gasteiger charge is -2.05. The molecule has 0 spiro atoms. The molecule has 0 fully saturated rings. The van der Waals surface area contributed by atoms with Gasteiger partial charge < -0.3 is 16.3 Å². The lowest BCUT2D eigenvalue weighted by atomic mass is 10.1. The van der Waals surface area contributed by atoms with Gasteiger partial charge in [-0.2, -0.15) is 0 Å². The van der Waals surface area contributed by atoms with Crippen molar-refractivity contribution in [2.75, 3.05) is 0 Å². The standard InChI is InChI=1S/C11H15N3O2/c1-8-3-2-4-9(5-8)7-13-11(15)6-10(12)14-16/h2-5,16H,6-7H2,1H3,(H2,12,14)(H,13,15). The summed E-state index contributed by atoms with van der Waals surface area (Å²) in [6, 6.07) is 7.84. The van der Waals surface area contributed by atoms with E-state index >= 15 is 0 Å². The van der Waals surface area contributed by atoms with Crippen LogP contribution < -0.4 is 11.1 Å². The van der Waals surface area contributed by atoms with Crippen LogP contribution in [0.4, 0.5) is 0 Å². The van der Waals surface area contributed by atoms with Gasteiger partial charge in [0.25, 0.3) is 0 Å². The summed E-state index contributed by atoms with van der Waals surface area (Å²) in [7, 11) is 0. The van der Waals surface area contributed by atoms with Gasteiger partial charge in [0.05, 0.1) is 6.42 Å². The first-order chi connectivity index (χ1) is 7.61. The van der Waals surface area contributed by atoms with Crippen LogP contribution in [0.1, 0.15) is 17.5 Å². The van der Waals surface area contributed by atoms with Gasteiger partial charge in [0, 0.05) is 6.54 Å². The normalized spacial score (nSPS) is 11.2. The van der Waals surface area contributed by atoms with Crippen LogP contribution in [-0.4, -0.2) is 17.0 Å². The number of amidine groups is 1. The number of benzene rings is 1. The lowest BCUT2D eigenvalue weighted by molar-refractivity contribution is -0.120. The lowest BCUT2D eigenvalue weighted by Crippen LogP contribution is -2.28. The maximum absolute atomic E-state index is 11.3. The van der Waals surface area contributed by atoms with E-state index in [4.69, 9.17) is 10.9 Å². The van der Waals surface area contributed by atoms with Gasteiger partial charge in [0.15, 0.2) is 0 Å². The topological polar surface area (TPSA) is 87.7 Å². The number of hydrogen-bond acceptors (Lipinski definition) is 3. The third kappa shape index (κ3) is 4.00. The Bertz CT molecular complexity index is 402. The summed E-state index contributed by atoms with van der Waals surface area (Å²) in [5, 5.41) is 13.7. The van der Waals surface area contributed by atoms with Gasteiger partial charge in [-0.3, -0.25) is 4.79 Å². The maximum atomic E-state index is 11.3. The Morgan fingerprint density at radius 1 is 1.56 bits per heavy atom. The fourth-order valence-corrected chi connectivity index (χ4v) is 1.29. The molecule has 0 aromatic heterocycles. The Balaban J connectivity index is 2.43. The van der Waals surface area contributed by atoms with Crippen molar-refractivity contribution in [3.63, 3.8) is 0 Å². The fraction of sp³-hybridized carbons (Fsp3) is 0.273. The molecule has 0 unspecified atom stereocenters. The smallest absolute Gasteiger partial charge is 0.227 e. The van der Waals surface area contributed by atoms with Crippen LogP contribution in [0.15, 0.2) is 29.4 Å². The van der Waals surface area contributed by atoms with Crippen molar-refractivity contribution in [1.29, 1.82) is 0 Å². The summed E-state index contributed by atoms with van der Waals surface area (Å²) in [5.74, 6) is -0.362. The molecule has 1 amide bonds. The van der Waals surface area contributed by atoms with Gasteiger partial charge in [0.1, 0.15) is 5.84 Å². The fourth-order valence-electron chi connectivity index (χ4n) is 1.29. The van der Waals surface area contributed by atoms with E-state index in [1.54, 1.807) is 0 Å². The second-order valence-corrected chi connectivity index (χ2v) is 3.53. The summed E-state index contributed by atoms with van der Waals surface area (Å²) in [6.07, 6.45) is -0.0949. The minimum Gasteiger partial charge on any atom is -0.409 e. The van der Waals surface area contributed by atoms with Crippen LogP contribution >= 0.6 is 0 Å². The van der Waals surface area contributed by atoms with E-state index in [0.29, 0.717) is 6.54 Å². The third-order valence-electron chi connectivity index (χ3n) is 2.04. The first kappa shape index (κ1) is 12.0. The van der Waals surface area contributed by atoms with E-state index in [1.165, 1.54) is 0 Å². The van der Waals surface area contributed by atoms with E-state index in [9.17, 15) is 4.79 Å². The van der Waals surface area contributed by atoms with Gasteiger partial charge in [0.2, 0.25) is 5.91 Å². The summed E-state index contributed by atoms with van der Waals surface area (Å²) in [6.45, 7) is 2.43. The second kappa shape index (κ2) is 5.75. The molecule has 0 aliphatic carbocycles. The van der Waals surface area contributed by atoms with Crippen LogP contribution in [0.5, 0.6) is 0 Å². The average molecular weight is 221 g/mol. The van der Waals surface area contributed by atoms with Gasteiger partial charge in [-0.05, 0) is 12.5 Å². The molecule has 0 saturated heterocycles. The molecule has 1 aromatic carbocycles. The minimum atomic E-state index is -0.267. The quantitative estimate of drug-likeness (QED) is 0.303. The van der Waals surface area contributed by atoms with Gasteiger partial charge in [-0.15, -0.1) is 0 Å². The van der Waals surface area contributed by atoms with Crippen LogP contribution in [0.3, 0.4) is 0 Å². The predicted molar refractivity (Wildman–Crippen MR) is 61.1 cm³/mol. The Labute approximate surface area is 94.0 Å². The first-order valence-corrected chi connectivity index (χ1v) is 4.90. The highest BCUT2D eigenvalue weighted by molar-refractivity contribution is 5.98. The Morgan fingerprint density at radius 2 is 2.31 bits per heavy atom. The second-order valence-electron chi connectivity index (χ2n) is 3.53. The molecule has 0 aliphatic rings. The zero-order valence-electron chi connectivity index (χ0n) is 9.10. The number of oxime groups is 1. The third-order valence-corrected chi connectivity index (χ3v) is 2.04. The van der Waals surface area contributed by atoms with E-state index in [1.807, 2.05) is 31.2 Å². The SMILES string of the molecule is Cc1cccc(CNC(=O)CC(N)=NO)c1. The number of nitrogens with zero attached hydrogens (tertiary/aromatic N) is 1. The monoisotopic (exact) mass is 221 g/mol. The summed E-state index contributed by atoms with van der Waals surface area (Å²) in [4.78, 5) is 11.3. The number of rotatable bonds is 4. The molecule has 16 heavy (non-hydrogen) atoms. The first-order valence-electron chi connectivity index (χ1n) is 4.90. The van der Waals surface area contributed by atoms with Crippen molar-refractivity contribution < 1.29 is 10.0 Å². The molecule has 86 valence electrons. The highest BCUT2D eigenvalue weighted by Gasteiger charge is 2.04. The van der Waals surface area contributed by atoms with E-state index in [-0.39, 0.29) is 18.2 Å². The molecule has 0 atom stereocenters. The number of nitrogens with two attached hydrogens (primary N) is 1. The number of nitrogens with one attached hydrogen (secondary N) is 1. The van der Waals surface area contributed by atoms with Crippen molar-refractivity contribution in [2.45, 2.75) is 19.9 Å². The van der Waals surface area contributed by atoms with Crippen LogP contribution in [-0.2, 0) is 11.3 Å². The molecule has 5 heteroatoms. The van der Waals surface area contributed by atoms with Crippen molar-refractivity contribution in [3.05, 3.63) is 35.4 Å². The molecule has 0 aliphatic heterocycles. The zero-order chi connectivity index (χ0) is 12.0. The van der Waals surface area contributed by atoms with Gasteiger partial charge >= 0.3 is 0 Å². The minimum absolute atomic E-state index is 0.0949. The van der Waals surface area contributed by atoms with Gasteiger partial charge in [-0.25, -0.2) is 0 Å². The van der Waals surface area contributed by atoms with Crippen molar-refractivity contribution in [1.82, 2.24) is 5.32 Å². The molecule has 0 radical (unpaired) electrons. The molecule has 0 heterocycles. The van der Waals surface area contributed by atoms with E-state index < -0.39 is 0 Å². The molecule has 5 nitrogen and oxygen atoms in total. The molecule has 0 bridgehead atoms. The largest absolute Gasteiger partial charge is 0.409 e. The Morgan fingerprint density at radius 3 is 2.94 bits per heavy atom. The number of hydrogen-bond donors (Lipinski definition) is 3. The molecule has 4 N–H and O–H groups in total. The van der Waals surface area contributed by atoms with Crippen LogP contribution in [0.25, 0.3) is 0 Å². The van der Waals surface area contributed by atoms with Gasteiger partial charge in [-0.1, -0.05) is 35.0 Å². The van der Waals surface area contributed by atoms with E-state index in [2.05, 4.69) is 10.5 Å². The van der Waals surface area contributed by atoms with E-state index in [0.717, 1.165) is 11.1 Å². The van der Waals surface area contributed by atoms with Crippen LogP contribution in [0, 0.1) is 6.92 Å². The molecule has 0 saturated carbocycles. The number of aryl methyl sites for hydroxylation is 1. The van der Waals surface area contributed by atoms with Crippen molar-refractivity contribution >= 4 is 11.7 Å². The molecule has 1 aromatic rings. The maximum Gasteiger partial charge on any atom is 0.227 e. The average Bonchev–Trinajstić information content (AvgIpc) is 2.26. The molecule has 1 rings (SSSR count). The van der Waals surface area contributed by atoms with Crippen molar-refractivity contribution in [3.8, 4) is 0 Å². The Kier molecular flexibility index (Phi) is 4.32. The zero-order valence-corrected chi connectivity index (χ0v) is 9.10. The number of carbonyl (C=O) groups is 1. The van der Waals surface area contributed by atoms with Crippen LogP contribution in [0.2, 0.25) is 0 Å². The highest BCUT2D eigenvalue weighted by Crippen LogP contribution is 2.03. The number of amides is 1. The summed E-state index contributed by atoms with van der Waals surface area (Å²) >= 11 is 0. The Hall–Kier alpha value is -2.04. The number of carbonyl (C=O) groups excluding carboxylic acids is 1. The summed E-state index contributed by atoms with van der Waals surface area (Å²) in [5.41, 5.74) is 7.37. The predicted octanol–water partition coefficient (Wildman–Crippen LogP) is 0.748.